The number of halogens is 2. The zero-order valence-corrected chi connectivity index (χ0v) is 15.1. The van der Waals surface area contributed by atoms with E-state index < -0.39 is 11.8 Å². The maximum absolute atomic E-state index is 12.6. The fraction of sp³-hybridized carbons (Fsp3) is 0.111. The lowest BCUT2D eigenvalue weighted by atomic mass is 10.1. The highest BCUT2D eigenvalue weighted by molar-refractivity contribution is 6.36. The van der Waals surface area contributed by atoms with E-state index in [1.165, 1.54) is 24.3 Å². The molecule has 6 nitrogen and oxygen atoms in total. The van der Waals surface area contributed by atoms with Gasteiger partial charge in [0.25, 0.3) is 11.8 Å². The van der Waals surface area contributed by atoms with Crippen LogP contribution in [0.1, 0.15) is 12.5 Å². The van der Waals surface area contributed by atoms with Crippen molar-refractivity contribution in [1.82, 2.24) is 5.43 Å². The van der Waals surface area contributed by atoms with Crippen LogP contribution in [-0.2, 0) is 9.59 Å². The van der Waals surface area contributed by atoms with Gasteiger partial charge in [-0.1, -0.05) is 35.3 Å². The van der Waals surface area contributed by atoms with Crippen molar-refractivity contribution in [2.45, 2.75) is 6.92 Å². The van der Waals surface area contributed by atoms with Gasteiger partial charge in [-0.15, -0.1) is 0 Å². The van der Waals surface area contributed by atoms with Crippen LogP contribution in [0.5, 0.6) is 11.5 Å². The van der Waals surface area contributed by atoms with Crippen LogP contribution in [0, 0.1) is 0 Å². The van der Waals surface area contributed by atoms with Gasteiger partial charge in [0.05, 0.1) is 12.3 Å². The predicted molar refractivity (Wildman–Crippen MR) is 99.3 cm³/mol. The molecule has 0 aliphatic carbocycles. The van der Waals surface area contributed by atoms with Crippen LogP contribution < -0.4 is 15.2 Å². The van der Waals surface area contributed by atoms with Crippen molar-refractivity contribution >= 4 is 46.8 Å². The quantitative estimate of drug-likeness (QED) is 0.615. The van der Waals surface area contributed by atoms with Gasteiger partial charge in [0.2, 0.25) is 0 Å². The molecule has 0 atom stereocenters. The van der Waals surface area contributed by atoms with Crippen molar-refractivity contribution in [3.8, 4) is 11.5 Å². The molecule has 3 rings (SSSR count). The molecule has 0 bridgehead atoms. The topological polar surface area (TPSA) is 78.9 Å². The van der Waals surface area contributed by atoms with Crippen LogP contribution in [0.2, 0.25) is 10.0 Å². The lowest BCUT2D eigenvalue weighted by molar-refractivity contribution is -0.117. The van der Waals surface area contributed by atoms with Gasteiger partial charge in [0.1, 0.15) is 5.57 Å². The average Bonchev–Trinajstić information content (AvgIpc) is 2.86. The summed E-state index contributed by atoms with van der Waals surface area (Å²) in [5, 5.41) is 12.0. The third kappa shape index (κ3) is 3.47. The molecule has 2 aromatic carbocycles. The predicted octanol–water partition coefficient (Wildman–Crippen LogP) is 3.56. The molecule has 2 N–H and O–H groups in total. The number of phenolic OH excluding ortho intramolecular Hbond substituents is 1. The molecule has 1 saturated heterocycles. The molecule has 1 aliphatic rings. The Kier molecular flexibility index (Phi) is 5.06. The maximum atomic E-state index is 12.6. The van der Waals surface area contributed by atoms with E-state index in [4.69, 9.17) is 27.9 Å². The monoisotopic (exact) mass is 392 g/mol. The number of hydrogen-bond acceptors (Lipinski definition) is 4. The van der Waals surface area contributed by atoms with Crippen LogP contribution in [0.25, 0.3) is 6.08 Å². The molecule has 26 heavy (non-hydrogen) atoms. The van der Waals surface area contributed by atoms with E-state index in [2.05, 4.69) is 5.43 Å². The SMILES string of the molecule is CCOc1cccc(C=C2C(=O)NN(c3cc(Cl)cc(Cl)c3)C2=O)c1O. The second-order valence-electron chi connectivity index (χ2n) is 5.39. The van der Waals surface area contributed by atoms with E-state index in [0.29, 0.717) is 27.9 Å². The van der Waals surface area contributed by atoms with Crippen LogP contribution >= 0.6 is 23.2 Å². The largest absolute Gasteiger partial charge is 0.504 e. The molecule has 8 heteroatoms. The van der Waals surface area contributed by atoms with Crippen molar-refractivity contribution in [2.75, 3.05) is 11.6 Å². The number of nitrogens with zero attached hydrogens (tertiary/aromatic N) is 1. The third-order valence-electron chi connectivity index (χ3n) is 3.63. The number of hydrogen-bond donors (Lipinski definition) is 2. The summed E-state index contributed by atoms with van der Waals surface area (Å²) < 4.78 is 5.31. The van der Waals surface area contributed by atoms with Crippen molar-refractivity contribution in [1.29, 1.82) is 0 Å². The molecule has 2 amide bonds. The summed E-state index contributed by atoms with van der Waals surface area (Å²) in [6, 6.07) is 9.34. The van der Waals surface area contributed by atoms with Gasteiger partial charge >= 0.3 is 0 Å². The molecular formula is C18H14Cl2N2O4. The highest BCUT2D eigenvalue weighted by Crippen LogP contribution is 2.33. The Hall–Kier alpha value is -2.70. The van der Waals surface area contributed by atoms with E-state index in [-0.39, 0.29) is 17.1 Å². The van der Waals surface area contributed by atoms with Gasteiger partial charge in [-0.05, 0) is 37.3 Å². The summed E-state index contributed by atoms with van der Waals surface area (Å²) in [7, 11) is 0. The van der Waals surface area contributed by atoms with Gasteiger partial charge in [0, 0.05) is 15.6 Å². The number of benzene rings is 2. The molecule has 1 fully saturated rings. The van der Waals surface area contributed by atoms with Crippen LogP contribution in [-0.4, -0.2) is 23.5 Å². The average molecular weight is 393 g/mol. The summed E-state index contributed by atoms with van der Waals surface area (Å²) >= 11 is 11.9. The van der Waals surface area contributed by atoms with E-state index in [9.17, 15) is 14.7 Å². The van der Waals surface area contributed by atoms with E-state index >= 15 is 0 Å². The van der Waals surface area contributed by atoms with Gasteiger partial charge < -0.3 is 9.84 Å². The number of carbonyl (C=O) groups is 2. The number of anilines is 1. The number of ether oxygens (including phenoxy) is 1. The summed E-state index contributed by atoms with van der Waals surface area (Å²) in [4.78, 5) is 24.9. The minimum absolute atomic E-state index is 0.134. The maximum Gasteiger partial charge on any atom is 0.282 e. The zero-order chi connectivity index (χ0) is 18.8. The molecule has 1 aliphatic heterocycles. The highest BCUT2D eigenvalue weighted by atomic mass is 35.5. The van der Waals surface area contributed by atoms with Crippen molar-refractivity contribution in [3.63, 3.8) is 0 Å². The number of hydrazine groups is 1. The fourth-order valence-electron chi connectivity index (χ4n) is 2.49. The number of amides is 2. The summed E-state index contributed by atoms with van der Waals surface area (Å²) in [6.45, 7) is 2.16. The third-order valence-corrected chi connectivity index (χ3v) is 4.06. The normalized spacial score (nSPS) is 15.5. The van der Waals surface area contributed by atoms with Crippen LogP contribution in [0.3, 0.4) is 0 Å². The van der Waals surface area contributed by atoms with E-state index in [0.717, 1.165) is 5.01 Å². The first kappa shape index (κ1) is 18.1. The van der Waals surface area contributed by atoms with E-state index in [1.807, 2.05) is 0 Å². The first-order chi connectivity index (χ1) is 12.4. The number of nitrogens with one attached hydrogen (secondary N) is 1. The number of para-hydroxylation sites is 1. The second-order valence-corrected chi connectivity index (χ2v) is 6.27. The Labute approximate surface area is 159 Å². The number of carbonyl (C=O) groups excluding carboxylic acids is 2. The summed E-state index contributed by atoms with van der Waals surface area (Å²) in [6.07, 6.45) is 1.31. The Morgan fingerprint density at radius 3 is 2.54 bits per heavy atom. The molecule has 0 spiro atoms. The Morgan fingerprint density at radius 2 is 1.88 bits per heavy atom. The zero-order valence-electron chi connectivity index (χ0n) is 13.6. The van der Waals surface area contributed by atoms with Crippen molar-refractivity contribution in [2.24, 2.45) is 0 Å². The first-order valence-electron chi connectivity index (χ1n) is 7.68. The first-order valence-corrected chi connectivity index (χ1v) is 8.44. The lowest BCUT2D eigenvalue weighted by Gasteiger charge is -2.15. The molecule has 0 radical (unpaired) electrons. The highest BCUT2D eigenvalue weighted by Gasteiger charge is 2.35. The number of phenols is 1. The molecule has 0 aromatic heterocycles. The fourth-order valence-corrected chi connectivity index (χ4v) is 3.01. The molecule has 2 aromatic rings. The standard InChI is InChI=1S/C18H14Cl2N2O4/c1-2-26-15-5-3-4-10(16(15)23)6-14-17(24)21-22(18(14)25)13-8-11(19)7-12(20)9-13/h3-9,23H,2H2,1H3,(H,21,24). The molecule has 0 saturated carbocycles. The summed E-state index contributed by atoms with van der Waals surface area (Å²) in [5.41, 5.74) is 2.94. The minimum atomic E-state index is -0.604. The number of aromatic hydroxyl groups is 1. The molecule has 134 valence electrons. The van der Waals surface area contributed by atoms with E-state index in [1.54, 1.807) is 25.1 Å². The summed E-state index contributed by atoms with van der Waals surface area (Å²) in [5.74, 6) is -1.07. The molecular weight excluding hydrogens is 379 g/mol. The molecule has 0 unspecified atom stereocenters. The van der Waals surface area contributed by atoms with Gasteiger partial charge in [0.15, 0.2) is 11.5 Å². The van der Waals surface area contributed by atoms with Crippen LogP contribution in [0.4, 0.5) is 5.69 Å². The number of rotatable bonds is 4. The van der Waals surface area contributed by atoms with Gasteiger partial charge in [-0.25, -0.2) is 5.01 Å². The Balaban J connectivity index is 1.97. The van der Waals surface area contributed by atoms with Gasteiger partial charge in [-0.3, -0.25) is 15.0 Å². The Bertz CT molecular complexity index is 907. The van der Waals surface area contributed by atoms with Crippen LogP contribution in [0.15, 0.2) is 42.0 Å². The molecule has 1 heterocycles. The smallest absolute Gasteiger partial charge is 0.282 e. The van der Waals surface area contributed by atoms with Crippen molar-refractivity contribution in [3.05, 3.63) is 57.6 Å². The second kappa shape index (κ2) is 7.27. The minimum Gasteiger partial charge on any atom is -0.504 e. The van der Waals surface area contributed by atoms with Gasteiger partial charge in [-0.2, -0.15) is 0 Å². The lowest BCUT2D eigenvalue weighted by Crippen LogP contribution is -2.35. The Morgan fingerprint density at radius 1 is 1.19 bits per heavy atom. The van der Waals surface area contributed by atoms with Crippen molar-refractivity contribution < 1.29 is 19.4 Å².